The van der Waals surface area contributed by atoms with Crippen molar-refractivity contribution in [3.63, 3.8) is 0 Å². The molecule has 0 aliphatic carbocycles. The van der Waals surface area contributed by atoms with Gasteiger partial charge in [0.15, 0.2) is 0 Å². The van der Waals surface area contributed by atoms with Crippen LogP contribution < -0.4 is 5.32 Å². The summed E-state index contributed by atoms with van der Waals surface area (Å²) in [6, 6.07) is 0. The molecule has 1 N–H and O–H groups in total. The third kappa shape index (κ3) is 2.67. The van der Waals surface area contributed by atoms with Crippen LogP contribution in [0.5, 0.6) is 0 Å². The Hall–Kier alpha value is 0.310. The van der Waals surface area contributed by atoms with Crippen LogP contribution in [0.3, 0.4) is 0 Å². The molecule has 0 amide bonds. The van der Waals surface area contributed by atoms with Gasteiger partial charge in [0.2, 0.25) is 0 Å². The molecule has 0 aromatic heterocycles. The van der Waals surface area contributed by atoms with Crippen molar-refractivity contribution >= 4 is 11.8 Å². The van der Waals surface area contributed by atoms with Gasteiger partial charge in [-0.15, -0.1) is 11.8 Å². The zero-order valence-corrected chi connectivity index (χ0v) is 9.50. The van der Waals surface area contributed by atoms with Crippen LogP contribution in [-0.2, 0) is 0 Å². The standard InChI is InChI=1S/C10H21NS/c1-8(10(2,3)4)9-11-6-5-7-12-9/h8-9,11H,5-7H2,1-4H3. The molecule has 12 heavy (non-hydrogen) atoms. The summed E-state index contributed by atoms with van der Waals surface area (Å²) in [5.74, 6) is 2.08. The summed E-state index contributed by atoms with van der Waals surface area (Å²) >= 11 is 2.09. The van der Waals surface area contributed by atoms with E-state index in [0.717, 1.165) is 5.92 Å². The van der Waals surface area contributed by atoms with E-state index >= 15 is 0 Å². The smallest absolute Gasteiger partial charge is 0.0563 e. The first-order valence-corrected chi connectivity index (χ1v) is 5.91. The molecule has 2 heteroatoms. The summed E-state index contributed by atoms with van der Waals surface area (Å²) in [6.07, 6.45) is 1.33. The van der Waals surface area contributed by atoms with Crippen molar-refractivity contribution in [3.05, 3.63) is 0 Å². The lowest BCUT2D eigenvalue weighted by atomic mass is 9.82. The quantitative estimate of drug-likeness (QED) is 0.677. The monoisotopic (exact) mass is 187 g/mol. The Kier molecular flexibility index (Phi) is 3.47. The molecular formula is C10H21NS. The van der Waals surface area contributed by atoms with Gasteiger partial charge >= 0.3 is 0 Å². The highest BCUT2D eigenvalue weighted by atomic mass is 32.2. The van der Waals surface area contributed by atoms with Crippen LogP contribution in [0.1, 0.15) is 34.1 Å². The molecule has 2 unspecified atom stereocenters. The van der Waals surface area contributed by atoms with Gasteiger partial charge in [0.25, 0.3) is 0 Å². The summed E-state index contributed by atoms with van der Waals surface area (Å²) in [7, 11) is 0. The lowest BCUT2D eigenvalue weighted by molar-refractivity contribution is 0.237. The average Bonchev–Trinajstić information content (AvgIpc) is 2.03. The van der Waals surface area contributed by atoms with E-state index in [2.05, 4.69) is 44.8 Å². The van der Waals surface area contributed by atoms with Crippen molar-refractivity contribution in [1.29, 1.82) is 0 Å². The zero-order valence-electron chi connectivity index (χ0n) is 8.68. The van der Waals surface area contributed by atoms with E-state index in [1.807, 2.05) is 0 Å². The Balaban J connectivity index is 2.45. The minimum Gasteiger partial charge on any atom is -0.305 e. The summed E-state index contributed by atoms with van der Waals surface area (Å²) in [6.45, 7) is 10.5. The second-order valence-electron chi connectivity index (χ2n) is 4.75. The molecule has 0 spiro atoms. The van der Waals surface area contributed by atoms with Crippen molar-refractivity contribution < 1.29 is 0 Å². The third-order valence-electron chi connectivity index (χ3n) is 2.78. The van der Waals surface area contributed by atoms with E-state index in [-0.39, 0.29) is 0 Å². The summed E-state index contributed by atoms with van der Waals surface area (Å²) in [5.41, 5.74) is 0.433. The maximum Gasteiger partial charge on any atom is 0.0563 e. The van der Waals surface area contributed by atoms with Crippen molar-refractivity contribution in [3.8, 4) is 0 Å². The van der Waals surface area contributed by atoms with Crippen LogP contribution in [0.25, 0.3) is 0 Å². The molecule has 1 fully saturated rings. The molecule has 0 bridgehead atoms. The second kappa shape index (κ2) is 4.01. The van der Waals surface area contributed by atoms with Crippen LogP contribution in [0.4, 0.5) is 0 Å². The van der Waals surface area contributed by atoms with Crippen molar-refractivity contribution in [1.82, 2.24) is 5.32 Å². The summed E-state index contributed by atoms with van der Waals surface area (Å²) in [4.78, 5) is 0. The third-order valence-corrected chi connectivity index (χ3v) is 4.24. The number of thioether (sulfide) groups is 1. The Labute approximate surface area is 80.7 Å². The minimum absolute atomic E-state index is 0.433. The molecule has 0 saturated carbocycles. The molecule has 1 aliphatic heterocycles. The molecule has 1 rings (SSSR count). The number of rotatable bonds is 1. The molecule has 1 nitrogen and oxygen atoms in total. The Morgan fingerprint density at radius 2 is 2.08 bits per heavy atom. The van der Waals surface area contributed by atoms with Gasteiger partial charge in [-0.05, 0) is 30.1 Å². The molecule has 1 aliphatic rings. The lowest BCUT2D eigenvalue weighted by Gasteiger charge is -2.36. The average molecular weight is 187 g/mol. The molecule has 0 radical (unpaired) electrons. The fourth-order valence-electron chi connectivity index (χ4n) is 1.36. The molecule has 1 saturated heterocycles. The van der Waals surface area contributed by atoms with Crippen molar-refractivity contribution in [2.45, 2.75) is 39.5 Å². The second-order valence-corrected chi connectivity index (χ2v) is 6.00. The van der Waals surface area contributed by atoms with E-state index in [9.17, 15) is 0 Å². The van der Waals surface area contributed by atoms with Crippen LogP contribution in [-0.4, -0.2) is 17.7 Å². The van der Waals surface area contributed by atoms with Gasteiger partial charge in [0.1, 0.15) is 0 Å². The van der Waals surface area contributed by atoms with E-state index < -0.39 is 0 Å². The molecule has 1 heterocycles. The first-order chi connectivity index (χ1) is 5.52. The van der Waals surface area contributed by atoms with Gasteiger partial charge in [-0.25, -0.2) is 0 Å². The predicted octanol–water partition coefficient (Wildman–Crippen LogP) is 2.72. The molecular weight excluding hydrogens is 166 g/mol. The zero-order chi connectivity index (χ0) is 9.19. The predicted molar refractivity (Wildman–Crippen MR) is 57.5 cm³/mol. The molecule has 2 atom stereocenters. The van der Waals surface area contributed by atoms with Crippen LogP contribution >= 0.6 is 11.8 Å². The van der Waals surface area contributed by atoms with E-state index in [1.165, 1.54) is 18.7 Å². The van der Waals surface area contributed by atoms with E-state index in [0.29, 0.717) is 10.8 Å². The normalized spacial score (nSPS) is 28.5. The van der Waals surface area contributed by atoms with E-state index in [1.54, 1.807) is 0 Å². The highest BCUT2D eigenvalue weighted by Crippen LogP contribution is 2.34. The molecule has 72 valence electrons. The van der Waals surface area contributed by atoms with E-state index in [4.69, 9.17) is 0 Å². The van der Waals surface area contributed by atoms with Gasteiger partial charge in [0, 0.05) is 0 Å². The Morgan fingerprint density at radius 3 is 2.50 bits per heavy atom. The first kappa shape index (κ1) is 10.4. The highest BCUT2D eigenvalue weighted by molar-refractivity contribution is 7.99. The maximum absolute atomic E-state index is 3.59. The lowest BCUT2D eigenvalue weighted by Crippen LogP contribution is -2.41. The SMILES string of the molecule is CC(C1NCCCS1)C(C)(C)C. The minimum atomic E-state index is 0.433. The number of hydrogen-bond acceptors (Lipinski definition) is 2. The topological polar surface area (TPSA) is 12.0 Å². The Morgan fingerprint density at radius 1 is 1.42 bits per heavy atom. The fraction of sp³-hybridized carbons (Fsp3) is 1.00. The van der Waals surface area contributed by atoms with Crippen LogP contribution in [0.2, 0.25) is 0 Å². The first-order valence-electron chi connectivity index (χ1n) is 4.87. The highest BCUT2D eigenvalue weighted by Gasteiger charge is 2.29. The van der Waals surface area contributed by atoms with Crippen LogP contribution in [0.15, 0.2) is 0 Å². The maximum atomic E-state index is 3.59. The van der Waals surface area contributed by atoms with Gasteiger partial charge in [-0.1, -0.05) is 27.7 Å². The van der Waals surface area contributed by atoms with Gasteiger partial charge in [-0.2, -0.15) is 0 Å². The molecule has 0 aromatic rings. The summed E-state index contributed by atoms with van der Waals surface area (Å²) in [5, 5.41) is 4.27. The summed E-state index contributed by atoms with van der Waals surface area (Å²) < 4.78 is 0. The number of nitrogens with one attached hydrogen (secondary N) is 1. The van der Waals surface area contributed by atoms with Gasteiger partial charge in [0.05, 0.1) is 5.37 Å². The van der Waals surface area contributed by atoms with Crippen molar-refractivity contribution in [2.75, 3.05) is 12.3 Å². The van der Waals surface area contributed by atoms with Gasteiger partial charge < -0.3 is 5.32 Å². The fourth-order valence-corrected chi connectivity index (χ4v) is 2.86. The van der Waals surface area contributed by atoms with Gasteiger partial charge in [-0.3, -0.25) is 0 Å². The van der Waals surface area contributed by atoms with Crippen molar-refractivity contribution in [2.24, 2.45) is 11.3 Å². The number of hydrogen-bond donors (Lipinski definition) is 1. The Bertz CT molecular complexity index is 133. The molecule has 0 aromatic carbocycles. The largest absolute Gasteiger partial charge is 0.305 e. The van der Waals surface area contributed by atoms with Crippen LogP contribution in [0, 0.1) is 11.3 Å².